The van der Waals surface area contributed by atoms with Crippen LogP contribution in [0.3, 0.4) is 0 Å². The number of aryl methyl sites for hydroxylation is 1. The molecule has 1 fully saturated rings. The van der Waals surface area contributed by atoms with Gasteiger partial charge < -0.3 is 5.32 Å². The Kier molecular flexibility index (Phi) is 4.03. The number of Topliss-reactive ketones (excluding diaryl/α,β-unsaturated/α-hetero) is 1. The number of hydrogen-bond donors (Lipinski definition) is 1. The maximum absolute atomic E-state index is 12.0. The van der Waals surface area contributed by atoms with Crippen LogP contribution in [-0.4, -0.2) is 27.8 Å². The number of ketones is 1. The van der Waals surface area contributed by atoms with Gasteiger partial charge in [0.2, 0.25) is 5.13 Å². The SMILES string of the molecule is Cc1ccc(C(=O)CSc2nnc(NC3CC3)s2)cc1. The first-order chi connectivity index (χ1) is 9.70. The fourth-order valence-electron chi connectivity index (χ4n) is 1.68. The van der Waals surface area contributed by atoms with Gasteiger partial charge >= 0.3 is 0 Å². The quantitative estimate of drug-likeness (QED) is 0.655. The summed E-state index contributed by atoms with van der Waals surface area (Å²) in [6.07, 6.45) is 2.43. The van der Waals surface area contributed by atoms with Crippen LogP contribution in [-0.2, 0) is 0 Å². The zero-order valence-electron chi connectivity index (χ0n) is 11.1. The predicted molar refractivity (Wildman–Crippen MR) is 82.8 cm³/mol. The van der Waals surface area contributed by atoms with Crippen molar-refractivity contribution in [3.05, 3.63) is 35.4 Å². The zero-order valence-corrected chi connectivity index (χ0v) is 12.8. The lowest BCUT2D eigenvalue weighted by Gasteiger charge is -1.99. The Morgan fingerprint density at radius 1 is 1.35 bits per heavy atom. The summed E-state index contributed by atoms with van der Waals surface area (Å²) in [6.45, 7) is 2.01. The molecule has 104 valence electrons. The van der Waals surface area contributed by atoms with Crippen molar-refractivity contribution in [2.24, 2.45) is 0 Å². The molecule has 0 saturated heterocycles. The molecular weight excluding hydrogens is 290 g/mol. The maximum atomic E-state index is 12.0. The molecule has 0 unspecified atom stereocenters. The van der Waals surface area contributed by atoms with Crippen LogP contribution < -0.4 is 5.32 Å². The maximum Gasteiger partial charge on any atom is 0.206 e. The number of aromatic nitrogens is 2. The molecule has 3 rings (SSSR count). The molecule has 20 heavy (non-hydrogen) atoms. The number of carbonyl (C=O) groups excluding carboxylic acids is 1. The number of hydrogen-bond acceptors (Lipinski definition) is 6. The van der Waals surface area contributed by atoms with Crippen molar-refractivity contribution >= 4 is 34.0 Å². The Morgan fingerprint density at radius 3 is 2.80 bits per heavy atom. The van der Waals surface area contributed by atoms with Crippen molar-refractivity contribution < 1.29 is 4.79 Å². The standard InChI is InChI=1S/C14H15N3OS2/c1-9-2-4-10(5-3-9)12(18)8-19-14-17-16-13(20-14)15-11-6-7-11/h2-5,11H,6-8H2,1H3,(H,15,16). The molecule has 0 radical (unpaired) electrons. The third-order valence-corrected chi connectivity index (χ3v) is 5.00. The van der Waals surface area contributed by atoms with Gasteiger partial charge in [0, 0.05) is 11.6 Å². The van der Waals surface area contributed by atoms with Crippen LogP contribution in [0.5, 0.6) is 0 Å². The highest BCUT2D eigenvalue weighted by atomic mass is 32.2. The number of nitrogens with zero attached hydrogens (tertiary/aromatic N) is 2. The van der Waals surface area contributed by atoms with E-state index in [1.54, 1.807) is 0 Å². The lowest BCUT2D eigenvalue weighted by molar-refractivity contribution is 0.102. The number of nitrogens with one attached hydrogen (secondary N) is 1. The monoisotopic (exact) mass is 305 g/mol. The minimum Gasteiger partial charge on any atom is -0.357 e. The molecule has 1 N–H and O–H groups in total. The van der Waals surface area contributed by atoms with E-state index < -0.39 is 0 Å². The second-order valence-electron chi connectivity index (χ2n) is 4.87. The summed E-state index contributed by atoms with van der Waals surface area (Å²) in [4.78, 5) is 12.0. The number of anilines is 1. The summed E-state index contributed by atoms with van der Waals surface area (Å²) in [5.41, 5.74) is 1.91. The van der Waals surface area contributed by atoms with Gasteiger partial charge in [-0.15, -0.1) is 10.2 Å². The van der Waals surface area contributed by atoms with Gasteiger partial charge in [-0.05, 0) is 19.8 Å². The van der Waals surface area contributed by atoms with E-state index in [-0.39, 0.29) is 5.78 Å². The van der Waals surface area contributed by atoms with E-state index in [4.69, 9.17) is 0 Å². The Labute approximate surface area is 126 Å². The Morgan fingerprint density at radius 2 is 2.10 bits per heavy atom. The summed E-state index contributed by atoms with van der Waals surface area (Å²) in [5, 5.41) is 12.3. The molecule has 1 heterocycles. The van der Waals surface area contributed by atoms with Crippen LogP contribution in [0.4, 0.5) is 5.13 Å². The summed E-state index contributed by atoms with van der Waals surface area (Å²) in [5.74, 6) is 0.531. The first-order valence-electron chi connectivity index (χ1n) is 6.53. The number of thioether (sulfide) groups is 1. The number of benzene rings is 1. The smallest absolute Gasteiger partial charge is 0.206 e. The van der Waals surface area contributed by atoms with Gasteiger partial charge in [0.05, 0.1) is 5.75 Å². The fraction of sp³-hybridized carbons (Fsp3) is 0.357. The molecule has 0 amide bonds. The lowest BCUT2D eigenvalue weighted by atomic mass is 10.1. The molecule has 0 atom stereocenters. The van der Waals surface area contributed by atoms with Crippen molar-refractivity contribution in [1.29, 1.82) is 0 Å². The molecular formula is C14H15N3OS2. The van der Waals surface area contributed by atoms with E-state index in [0.717, 1.165) is 20.6 Å². The summed E-state index contributed by atoms with van der Waals surface area (Å²) in [6, 6.07) is 8.24. The topological polar surface area (TPSA) is 54.9 Å². The van der Waals surface area contributed by atoms with E-state index in [0.29, 0.717) is 11.8 Å². The van der Waals surface area contributed by atoms with E-state index in [2.05, 4.69) is 15.5 Å². The first-order valence-corrected chi connectivity index (χ1v) is 8.33. The molecule has 0 spiro atoms. The highest BCUT2D eigenvalue weighted by Crippen LogP contribution is 2.30. The molecule has 1 aliphatic carbocycles. The van der Waals surface area contributed by atoms with Crippen LogP contribution in [0.1, 0.15) is 28.8 Å². The van der Waals surface area contributed by atoms with Crippen LogP contribution in [0.2, 0.25) is 0 Å². The zero-order chi connectivity index (χ0) is 13.9. The van der Waals surface area contributed by atoms with Gasteiger partial charge in [-0.3, -0.25) is 4.79 Å². The second-order valence-corrected chi connectivity index (χ2v) is 7.07. The van der Waals surface area contributed by atoms with Crippen LogP contribution >= 0.6 is 23.1 Å². The van der Waals surface area contributed by atoms with E-state index in [1.165, 1.54) is 35.9 Å². The van der Waals surface area contributed by atoms with Gasteiger partial charge in [-0.1, -0.05) is 52.9 Å². The van der Waals surface area contributed by atoms with Crippen molar-refractivity contribution in [1.82, 2.24) is 10.2 Å². The summed E-state index contributed by atoms with van der Waals surface area (Å²) >= 11 is 2.97. The summed E-state index contributed by atoms with van der Waals surface area (Å²) in [7, 11) is 0. The van der Waals surface area contributed by atoms with Crippen molar-refractivity contribution in [3.63, 3.8) is 0 Å². The molecule has 4 nitrogen and oxygen atoms in total. The van der Waals surface area contributed by atoms with Gasteiger partial charge in [-0.2, -0.15) is 0 Å². The van der Waals surface area contributed by atoms with Crippen molar-refractivity contribution in [3.8, 4) is 0 Å². The Bertz CT molecular complexity index is 605. The van der Waals surface area contributed by atoms with Crippen LogP contribution in [0.25, 0.3) is 0 Å². The van der Waals surface area contributed by atoms with Gasteiger partial charge in [0.15, 0.2) is 10.1 Å². The lowest BCUT2D eigenvalue weighted by Crippen LogP contribution is -2.01. The largest absolute Gasteiger partial charge is 0.357 e. The van der Waals surface area contributed by atoms with Gasteiger partial charge in [-0.25, -0.2) is 0 Å². The average molecular weight is 305 g/mol. The number of rotatable bonds is 6. The van der Waals surface area contributed by atoms with E-state index in [1.807, 2.05) is 31.2 Å². The Hall–Kier alpha value is -1.40. The van der Waals surface area contributed by atoms with Crippen molar-refractivity contribution in [2.75, 3.05) is 11.1 Å². The minimum atomic E-state index is 0.127. The van der Waals surface area contributed by atoms with E-state index in [9.17, 15) is 4.79 Å². The fourth-order valence-corrected chi connectivity index (χ4v) is 3.40. The molecule has 1 aliphatic rings. The van der Waals surface area contributed by atoms with Gasteiger partial charge in [0.25, 0.3) is 0 Å². The Balaban J connectivity index is 1.54. The third-order valence-electron chi connectivity index (χ3n) is 3.01. The molecule has 1 aromatic heterocycles. The third kappa shape index (κ3) is 3.58. The van der Waals surface area contributed by atoms with E-state index >= 15 is 0 Å². The van der Waals surface area contributed by atoms with Gasteiger partial charge in [0.1, 0.15) is 0 Å². The molecule has 1 aromatic carbocycles. The highest BCUT2D eigenvalue weighted by molar-refractivity contribution is 8.01. The molecule has 0 bridgehead atoms. The minimum absolute atomic E-state index is 0.127. The molecule has 6 heteroatoms. The number of carbonyl (C=O) groups is 1. The van der Waals surface area contributed by atoms with Crippen LogP contribution in [0, 0.1) is 6.92 Å². The molecule has 2 aromatic rings. The first kappa shape index (κ1) is 13.6. The molecule has 0 aliphatic heterocycles. The van der Waals surface area contributed by atoms with Crippen molar-refractivity contribution in [2.45, 2.75) is 30.1 Å². The highest BCUT2D eigenvalue weighted by Gasteiger charge is 2.22. The second kappa shape index (κ2) is 5.93. The van der Waals surface area contributed by atoms with Crippen LogP contribution in [0.15, 0.2) is 28.6 Å². The summed E-state index contributed by atoms with van der Waals surface area (Å²) < 4.78 is 0.841. The normalized spacial score (nSPS) is 14.2. The average Bonchev–Trinajstić information content (AvgIpc) is 3.14. The molecule has 1 saturated carbocycles. The predicted octanol–water partition coefficient (Wildman–Crippen LogP) is 3.40.